The lowest BCUT2D eigenvalue weighted by molar-refractivity contribution is -0.384. The Hall–Kier alpha value is -3.14. The summed E-state index contributed by atoms with van der Waals surface area (Å²) in [5, 5.41) is 15.7. The van der Waals surface area contributed by atoms with Crippen molar-refractivity contribution in [3.8, 4) is 11.5 Å². The minimum absolute atomic E-state index is 0.0106. The molecule has 0 saturated carbocycles. The summed E-state index contributed by atoms with van der Waals surface area (Å²) in [5.74, 6) is 0.0173. The van der Waals surface area contributed by atoms with E-state index in [0.717, 1.165) is 6.07 Å². The molecule has 28 heavy (non-hydrogen) atoms. The van der Waals surface area contributed by atoms with Crippen LogP contribution in [-0.2, 0) is 6.54 Å². The summed E-state index contributed by atoms with van der Waals surface area (Å²) >= 11 is 5.91. The molecular weight excluding hydrogens is 400 g/mol. The Balaban J connectivity index is 2.00. The number of benzene rings is 2. The number of amides is 2. The molecular formula is C17H16ClF2N3O5. The number of alkyl halides is 2. The summed E-state index contributed by atoms with van der Waals surface area (Å²) in [6.07, 6.45) is 0. The third-order valence-corrected chi connectivity index (χ3v) is 3.70. The van der Waals surface area contributed by atoms with Gasteiger partial charge in [0.05, 0.1) is 22.2 Å². The number of urea groups is 1. The van der Waals surface area contributed by atoms with Crippen LogP contribution in [0.4, 0.5) is 25.0 Å². The number of hydrogen-bond donors (Lipinski definition) is 2. The maximum Gasteiger partial charge on any atom is 0.387 e. The second kappa shape index (κ2) is 9.70. The average molecular weight is 416 g/mol. The lowest BCUT2D eigenvalue weighted by Gasteiger charge is -2.13. The zero-order chi connectivity index (χ0) is 20.7. The van der Waals surface area contributed by atoms with Crippen molar-refractivity contribution < 1.29 is 28.0 Å². The van der Waals surface area contributed by atoms with Crippen LogP contribution in [0.15, 0.2) is 36.4 Å². The Labute approximate surface area is 163 Å². The number of halogens is 3. The van der Waals surface area contributed by atoms with E-state index in [-0.39, 0.29) is 41.0 Å². The molecule has 0 fully saturated rings. The molecule has 0 aliphatic rings. The molecule has 0 saturated heterocycles. The summed E-state index contributed by atoms with van der Waals surface area (Å²) in [6, 6.07) is 7.31. The molecule has 0 atom stereocenters. The lowest BCUT2D eigenvalue weighted by atomic mass is 10.2. The first kappa shape index (κ1) is 21.2. The number of ether oxygens (including phenoxy) is 2. The largest absolute Gasteiger partial charge is 0.490 e. The van der Waals surface area contributed by atoms with Gasteiger partial charge < -0.3 is 20.1 Å². The molecule has 8 nitrogen and oxygen atoms in total. The van der Waals surface area contributed by atoms with E-state index in [0.29, 0.717) is 5.56 Å². The minimum Gasteiger partial charge on any atom is -0.490 e. The third-order valence-electron chi connectivity index (χ3n) is 3.39. The van der Waals surface area contributed by atoms with Crippen molar-refractivity contribution in [2.75, 3.05) is 11.9 Å². The molecule has 150 valence electrons. The highest BCUT2D eigenvalue weighted by molar-refractivity contribution is 6.33. The summed E-state index contributed by atoms with van der Waals surface area (Å²) in [7, 11) is 0. The highest BCUT2D eigenvalue weighted by Gasteiger charge is 2.13. The number of nitrogens with one attached hydrogen (secondary N) is 2. The number of nitrogens with zero attached hydrogens (tertiary/aromatic N) is 1. The Morgan fingerprint density at radius 1 is 1.25 bits per heavy atom. The van der Waals surface area contributed by atoms with Crippen LogP contribution in [0.3, 0.4) is 0 Å². The SMILES string of the molecule is CCOc1cc(CNC(=O)Nc2ccc([N+](=O)[O-])cc2Cl)ccc1OC(F)F. The fourth-order valence-electron chi connectivity index (χ4n) is 2.19. The van der Waals surface area contributed by atoms with Crippen LogP contribution in [0.1, 0.15) is 12.5 Å². The molecule has 0 bridgehead atoms. The molecule has 2 rings (SSSR count). The van der Waals surface area contributed by atoms with Gasteiger partial charge in [-0.15, -0.1) is 0 Å². The summed E-state index contributed by atoms with van der Waals surface area (Å²) in [4.78, 5) is 22.1. The number of carbonyl (C=O) groups excluding carboxylic acids is 1. The predicted octanol–water partition coefficient (Wildman–Crippen LogP) is 4.57. The average Bonchev–Trinajstić information content (AvgIpc) is 2.63. The molecule has 2 amide bonds. The number of anilines is 1. The number of nitro groups is 1. The van der Waals surface area contributed by atoms with Crippen molar-refractivity contribution in [3.05, 3.63) is 57.1 Å². The Morgan fingerprint density at radius 2 is 2.00 bits per heavy atom. The summed E-state index contributed by atoms with van der Waals surface area (Å²) in [6.45, 7) is -0.986. The first-order valence-corrected chi connectivity index (χ1v) is 8.37. The monoisotopic (exact) mass is 415 g/mol. The Kier molecular flexibility index (Phi) is 7.33. The molecule has 0 aromatic heterocycles. The van der Waals surface area contributed by atoms with Crippen molar-refractivity contribution in [1.29, 1.82) is 0 Å². The minimum atomic E-state index is -2.99. The van der Waals surface area contributed by atoms with Gasteiger partial charge >= 0.3 is 12.6 Å². The lowest BCUT2D eigenvalue weighted by Crippen LogP contribution is -2.28. The number of nitro benzene ring substituents is 1. The molecule has 2 aromatic carbocycles. The van der Waals surface area contributed by atoms with Crippen LogP contribution >= 0.6 is 11.6 Å². The van der Waals surface area contributed by atoms with E-state index in [1.807, 2.05) is 0 Å². The first-order valence-electron chi connectivity index (χ1n) is 7.99. The van der Waals surface area contributed by atoms with E-state index in [1.54, 1.807) is 6.92 Å². The van der Waals surface area contributed by atoms with Crippen LogP contribution in [0.2, 0.25) is 5.02 Å². The number of rotatable bonds is 8. The van der Waals surface area contributed by atoms with E-state index in [1.165, 1.54) is 30.3 Å². The van der Waals surface area contributed by atoms with Crippen molar-refractivity contribution >= 4 is 29.0 Å². The van der Waals surface area contributed by atoms with Gasteiger partial charge in [0.15, 0.2) is 11.5 Å². The molecule has 0 heterocycles. The molecule has 11 heteroatoms. The van der Waals surface area contributed by atoms with Crippen LogP contribution in [0, 0.1) is 10.1 Å². The number of hydrogen-bond acceptors (Lipinski definition) is 5. The van der Waals surface area contributed by atoms with Gasteiger partial charge in [-0.3, -0.25) is 10.1 Å². The van der Waals surface area contributed by atoms with Crippen molar-refractivity contribution in [1.82, 2.24) is 5.32 Å². The number of non-ortho nitro benzene ring substituents is 1. The normalized spacial score (nSPS) is 10.5. The van der Waals surface area contributed by atoms with E-state index in [2.05, 4.69) is 15.4 Å². The van der Waals surface area contributed by atoms with Gasteiger partial charge in [-0.1, -0.05) is 17.7 Å². The maximum absolute atomic E-state index is 12.4. The van der Waals surface area contributed by atoms with Crippen LogP contribution in [-0.4, -0.2) is 24.2 Å². The highest BCUT2D eigenvalue weighted by atomic mass is 35.5. The van der Waals surface area contributed by atoms with Crippen molar-refractivity contribution in [2.45, 2.75) is 20.1 Å². The fourth-order valence-corrected chi connectivity index (χ4v) is 2.41. The van der Waals surface area contributed by atoms with E-state index >= 15 is 0 Å². The summed E-state index contributed by atoms with van der Waals surface area (Å²) < 4.78 is 34.5. The van der Waals surface area contributed by atoms with Gasteiger partial charge in [-0.25, -0.2) is 4.79 Å². The molecule has 0 aliphatic heterocycles. The van der Waals surface area contributed by atoms with E-state index < -0.39 is 17.6 Å². The van der Waals surface area contributed by atoms with Gasteiger partial charge in [-0.2, -0.15) is 8.78 Å². The zero-order valence-corrected chi connectivity index (χ0v) is 15.3. The topological polar surface area (TPSA) is 103 Å². The standard InChI is InChI=1S/C17H16ClF2N3O5/c1-2-27-15-7-10(3-6-14(15)28-16(19)20)9-21-17(24)22-13-5-4-11(23(25)26)8-12(13)18/h3-8,16H,2,9H2,1H3,(H2,21,22,24). The van der Waals surface area contributed by atoms with Crippen molar-refractivity contribution in [3.63, 3.8) is 0 Å². The maximum atomic E-state index is 12.4. The van der Waals surface area contributed by atoms with Crippen LogP contribution in [0.5, 0.6) is 11.5 Å². The molecule has 0 aliphatic carbocycles. The molecule has 0 spiro atoms. The molecule has 0 unspecified atom stereocenters. The van der Waals surface area contributed by atoms with Crippen LogP contribution in [0.25, 0.3) is 0 Å². The zero-order valence-electron chi connectivity index (χ0n) is 14.6. The summed E-state index contributed by atoms with van der Waals surface area (Å²) in [5.41, 5.74) is 0.570. The van der Waals surface area contributed by atoms with Gasteiger partial charge in [0.25, 0.3) is 5.69 Å². The van der Waals surface area contributed by atoms with Gasteiger partial charge in [0, 0.05) is 18.7 Å². The third kappa shape index (κ3) is 5.95. The number of carbonyl (C=O) groups is 1. The molecule has 2 N–H and O–H groups in total. The Bertz CT molecular complexity index is 867. The molecule has 2 aromatic rings. The molecule has 0 radical (unpaired) electrons. The van der Waals surface area contributed by atoms with Crippen molar-refractivity contribution in [2.24, 2.45) is 0 Å². The second-order valence-corrected chi connectivity index (χ2v) is 5.73. The predicted molar refractivity (Wildman–Crippen MR) is 98.2 cm³/mol. The van der Waals surface area contributed by atoms with E-state index in [9.17, 15) is 23.7 Å². The smallest absolute Gasteiger partial charge is 0.387 e. The fraction of sp³-hybridized carbons (Fsp3) is 0.235. The van der Waals surface area contributed by atoms with Gasteiger partial charge in [0.1, 0.15) is 0 Å². The van der Waals surface area contributed by atoms with E-state index in [4.69, 9.17) is 16.3 Å². The second-order valence-electron chi connectivity index (χ2n) is 5.32. The van der Waals surface area contributed by atoms with Gasteiger partial charge in [0.2, 0.25) is 0 Å². The highest BCUT2D eigenvalue weighted by Crippen LogP contribution is 2.30. The van der Waals surface area contributed by atoms with Crippen LogP contribution < -0.4 is 20.1 Å². The van der Waals surface area contributed by atoms with Gasteiger partial charge in [-0.05, 0) is 30.7 Å². The first-order chi connectivity index (χ1) is 13.3. The Morgan fingerprint density at radius 3 is 2.61 bits per heavy atom. The quantitative estimate of drug-likeness (QED) is 0.485.